The Hall–Kier alpha value is -1.33. The fourth-order valence-electron chi connectivity index (χ4n) is 2.68. The van der Waals surface area contributed by atoms with Crippen LogP contribution in [0.25, 0.3) is 0 Å². The van der Waals surface area contributed by atoms with Gasteiger partial charge in [0, 0.05) is 39.5 Å². The van der Waals surface area contributed by atoms with Crippen LogP contribution in [0.5, 0.6) is 0 Å². The maximum Gasteiger partial charge on any atom is 0.270 e. The molecule has 0 aromatic carbocycles. The third kappa shape index (κ3) is 3.84. The first-order valence-corrected chi connectivity index (χ1v) is 7.35. The summed E-state index contributed by atoms with van der Waals surface area (Å²) in [5.41, 5.74) is 0.736. The molecule has 5 nitrogen and oxygen atoms in total. The molecular weight excluding hydrogens is 254 g/mol. The minimum atomic E-state index is 0.0819. The molecule has 1 aliphatic rings. The highest BCUT2D eigenvalue weighted by atomic mass is 16.5. The van der Waals surface area contributed by atoms with Gasteiger partial charge in [0.05, 0.1) is 6.61 Å². The number of methoxy groups -OCH3 is 1. The quantitative estimate of drug-likeness (QED) is 0.855. The summed E-state index contributed by atoms with van der Waals surface area (Å²) in [4.78, 5) is 14.3. The van der Waals surface area contributed by atoms with E-state index in [9.17, 15) is 4.79 Å². The second kappa shape index (κ2) is 7.45. The zero-order valence-corrected chi connectivity index (χ0v) is 12.5. The van der Waals surface area contributed by atoms with Crippen molar-refractivity contribution in [1.82, 2.24) is 14.8 Å². The molecule has 2 heterocycles. The van der Waals surface area contributed by atoms with Crippen molar-refractivity contribution in [2.24, 2.45) is 0 Å². The van der Waals surface area contributed by atoms with Gasteiger partial charge in [-0.15, -0.1) is 0 Å². The molecule has 1 saturated heterocycles. The van der Waals surface area contributed by atoms with Gasteiger partial charge in [0.15, 0.2) is 0 Å². The van der Waals surface area contributed by atoms with E-state index in [-0.39, 0.29) is 5.91 Å². The zero-order valence-electron chi connectivity index (χ0n) is 12.5. The highest BCUT2D eigenvalue weighted by molar-refractivity contribution is 5.92. The van der Waals surface area contributed by atoms with Crippen molar-refractivity contribution >= 4 is 5.91 Å². The van der Waals surface area contributed by atoms with Crippen molar-refractivity contribution in [3.8, 4) is 0 Å². The van der Waals surface area contributed by atoms with Crippen LogP contribution in [0, 0.1) is 0 Å². The molecule has 1 atom stereocenters. The molecule has 0 saturated carbocycles. The molecule has 5 heteroatoms. The van der Waals surface area contributed by atoms with E-state index in [1.165, 1.54) is 12.8 Å². The highest BCUT2D eigenvalue weighted by Crippen LogP contribution is 2.11. The number of ether oxygens (including phenoxy) is 1. The topological polar surface area (TPSA) is 46.5 Å². The number of carbonyl (C=O) groups excluding carboxylic acids is 1. The van der Waals surface area contributed by atoms with E-state index in [1.54, 1.807) is 7.11 Å². The number of hydrogen-bond acceptors (Lipinski definition) is 3. The van der Waals surface area contributed by atoms with Crippen LogP contribution in [0.1, 0.15) is 29.8 Å². The largest absolute Gasteiger partial charge is 0.383 e. The molecule has 1 aliphatic heterocycles. The summed E-state index contributed by atoms with van der Waals surface area (Å²) in [5, 5.41) is 3.48. The van der Waals surface area contributed by atoms with E-state index in [4.69, 9.17) is 4.74 Å². The number of piperidine rings is 1. The standard InChI is InChI=1S/C15H25N3O2/c1-17(12-13-6-3-4-8-16-13)15(19)14-7-5-9-18(14)10-11-20-2/h5,7,9,13,16H,3-4,6,8,10-12H2,1-2H3. The fourth-order valence-corrected chi connectivity index (χ4v) is 2.68. The van der Waals surface area contributed by atoms with Gasteiger partial charge >= 0.3 is 0 Å². The Morgan fingerprint density at radius 3 is 3.10 bits per heavy atom. The second-order valence-electron chi connectivity index (χ2n) is 5.41. The lowest BCUT2D eigenvalue weighted by molar-refractivity contribution is 0.0762. The van der Waals surface area contributed by atoms with Crippen LogP contribution in [0.4, 0.5) is 0 Å². The third-order valence-electron chi connectivity index (χ3n) is 3.84. The summed E-state index contributed by atoms with van der Waals surface area (Å²) in [5.74, 6) is 0.0819. The molecule has 0 bridgehead atoms. The minimum absolute atomic E-state index is 0.0819. The van der Waals surface area contributed by atoms with Gasteiger partial charge in [-0.2, -0.15) is 0 Å². The molecule has 0 spiro atoms. The number of rotatable bonds is 6. The number of carbonyl (C=O) groups is 1. The first-order valence-electron chi connectivity index (χ1n) is 7.35. The van der Waals surface area contributed by atoms with Crippen molar-refractivity contribution in [2.45, 2.75) is 31.8 Å². The van der Waals surface area contributed by atoms with Gasteiger partial charge < -0.3 is 19.5 Å². The zero-order chi connectivity index (χ0) is 14.4. The van der Waals surface area contributed by atoms with Gasteiger partial charge in [0.2, 0.25) is 0 Å². The number of amides is 1. The van der Waals surface area contributed by atoms with Gasteiger partial charge in [-0.3, -0.25) is 4.79 Å². The molecule has 1 N–H and O–H groups in total. The van der Waals surface area contributed by atoms with Crippen LogP contribution in [0.15, 0.2) is 18.3 Å². The molecule has 112 valence electrons. The molecule has 20 heavy (non-hydrogen) atoms. The molecule has 1 unspecified atom stereocenters. The lowest BCUT2D eigenvalue weighted by Gasteiger charge is -2.28. The maximum atomic E-state index is 12.5. The van der Waals surface area contributed by atoms with Crippen molar-refractivity contribution in [2.75, 3.05) is 33.9 Å². The van der Waals surface area contributed by atoms with E-state index >= 15 is 0 Å². The minimum Gasteiger partial charge on any atom is -0.383 e. The average Bonchev–Trinajstić information content (AvgIpc) is 2.93. The molecule has 1 fully saturated rings. The van der Waals surface area contributed by atoms with Crippen LogP contribution in [0.3, 0.4) is 0 Å². The Morgan fingerprint density at radius 1 is 1.55 bits per heavy atom. The predicted molar refractivity (Wildman–Crippen MR) is 78.9 cm³/mol. The van der Waals surface area contributed by atoms with Crippen molar-refractivity contribution < 1.29 is 9.53 Å². The van der Waals surface area contributed by atoms with E-state index < -0.39 is 0 Å². The Bertz CT molecular complexity index is 425. The number of nitrogens with one attached hydrogen (secondary N) is 1. The summed E-state index contributed by atoms with van der Waals surface area (Å²) in [6.45, 7) is 3.16. The predicted octanol–water partition coefficient (Wildman–Crippen LogP) is 1.35. The molecule has 1 aromatic rings. The van der Waals surface area contributed by atoms with Crippen LogP contribution in [0.2, 0.25) is 0 Å². The number of hydrogen-bond donors (Lipinski definition) is 1. The van der Waals surface area contributed by atoms with Crippen LogP contribution >= 0.6 is 0 Å². The lowest BCUT2D eigenvalue weighted by atomic mass is 10.0. The SMILES string of the molecule is COCCn1cccc1C(=O)N(C)CC1CCCCN1. The normalized spacial score (nSPS) is 19.0. The number of aromatic nitrogens is 1. The van der Waals surface area contributed by atoms with Gasteiger partial charge in [0.1, 0.15) is 5.69 Å². The van der Waals surface area contributed by atoms with E-state index in [2.05, 4.69) is 5.32 Å². The monoisotopic (exact) mass is 279 g/mol. The van der Waals surface area contributed by atoms with Crippen molar-refractivity contribution in [3.05, 3.63) is 24.0 Å². The van der Waals surface area contributed by atoms with Crippen LogP contribution < -0.4 is 5.32 Å². The molecule has 0 aliphatic carbocycles. The Balaban J connectivity index is 1.93. The van der Waals surface area contributed by atoms with E-state index in [0.29, 0.717) is 19.2 Å². The van der Waals surface area contributed by atoms with Gasteiger partial charge in [0.25, 0.3) is 5.91 Å². The molecule has 1 amide bonds. The first kappa shape index (κ1) is 15.1. The summed E-state index contributed by atoms with van der Waals surface area (Å²) < 4.78 is 7.03. The average molecular weight is 279 g/mol. The Morgan fingerprint density at radius 2 is 2.40 bits per heavy atom. The summed E-state index contributed by atoms with van der Waals surface area (Å²) in [6.07, 6.45) is 5.58. The third-order valence-corrected chi connectivity index (χ3v) is 3.84. The van der Waals surface area contributed by atoms with Gasteiger partial charge in [-0.05, 0) is 31.5 Å². The fraction of sp³-hybridized carbons (Fsp3) is 0.667. The van der Waals surface area contributed by atoms with Crippen LogP contribution in [-0.4, -0.2) is 55.3 Å². The van der Waals surface area contributed by atoms with E-state index in [1.807, 2.05) is 34.8 Å². The van der Waals surface area contributed by atoms with Gasteiger partial charge in [-0.1, -0.05) is 6.42 Å². The number of likely N-dealkylation sites (N-methyl/N-ethyl adjacent to an activating group) is 1. The smallest absolute Gasteiger partial charge is 0.270 e. The molecular formula is C15H25N3O2. The number of nitrogens with zero attached hydrogens (tertiary/aromatic N) is 2. The maximum absolute atomic E-state index is 12.5. The van der Waals surface area contributed by atoms with Crippen LogP contribution in [-0.2, 0) is 11.3 Å². The lowest BCUT2D eigenvalue weighted by Crippen LogP contribution is -2.44. The Kier molecular flexibility index (Phi) is 5.61. The molecule has 0 radical (unpaired) electrons. The molecule has 2 rings (SSSR count). The van der Waals surface area contributed by atoms with Gasteiger partial charge in [-0.25, -0.2) is 0 Å². The Labute approximate surface area is 120 Å². The molecule has 1 aromatic heterocycles. The van der Waals surface area contributed by atoms with E-state index in [0.717, 1.165) is 25.2 Å². The summed E-state index contributed by atoms with van der Waals surface area (Å²) >= 11 is 0. The van der Waals surface area contributed by atoms with Crippen molar-refractivity contribution in [3.63, 3.8) is 0 Å². The van der Waals surface area contributed by atoms with Crippen molar-refractivity contribution in [1.29, 1.82) is 0 Å². The second-order valence-corrected chi connectivity index (χ2v) is 5.41. The summed E-state index contributed by atoms with van der Waals surface area (Å²) in [7, 11) is 3.55. The first-order chi connectivity index (χ1) is 9.72. The highest BCUT2D eigenvalue weighted by Gasteiger charge is 2.20. The summed E-state index contributed by atoms with van der Waals surface area (Å²) in [6, 6.07) is 4.22.